The van der Waals surface area contributed by atoms with Crippen molar-refractivity contribution in [3.05, 3.63) is 68.1 Å². The third-order valence-corrected chi connectivity index (χ3v) is 5.30. The molecule has 5 N–H and O–H groups in total. The van der Waals surface area contributed by atoms with Crippen LogP contribution in [0.5, 0.6) is 0 Å². The van der Waals surface area contributed by atoms with Gasteiger partial charge < -0.3 is 15.6 Å². The minimum absolute atomic E-state index is 0.00195. The molecule has 0 radical (unpaired) electrons. The molecule has 1 aromatic heterocycles. The predicted molar refractivity (Wildman–Crippen MR) is 104 cm³/mol. The van der Waals surface area contributed by atoms with Gasteiger partial charge in [0.1, 0.15) is 10.8 Å². The van der Waals surface area contributed by atoms with Crippen molar-refractivity contribution < 1.29 is 13.2 Å². The highest BCUT2D eigenvalue weighted by atomic mass is 35.5. The van der Waals surface area contributed by atoms with Crippen LogP contribution in [0.4, 0.5) is 18.9 Å². The molecule has 2 heterocycles. The molecule has 156 valence electrons. The lowest BCUT2D eigenvalue weighted by molar-refractivity contribution is 0.146. The number of hydrazine groups is 1. The first-order valence-corrected chi connectivity index (χ1v) is 9.15. The molecule has 1 unspecified atom stereocenters. The largest absolute Gasteiger partial charge is 0.399 e. The van der Waals surface area contributed by atoms with E-state index in [0.29, 0.717) is 30.0 Å². The van der Waals surface area contributed by atoms with Gasteiger partial charge in [-0.3, -0.25) is 4.79 Å². The molecule has 29 heavy (non-hydrogen) atoms. The van der Waals surface area contributed by atoms with Crippen molar-refractivity contribution in [1.29, 1.82) is 0 Å². The van der Waals surface area contributed by atoms with Crippen LogP contribution in [-0.4, -0.2) is 28.3 Å². The Balaban J connectivity index is 1.86. The van der Waals surface area contributed by atoms with Gasteiger partial charge in [0, 0.05) is 24.2 Å². The molecule has 0 fully saturated rings. The third kappa shape index (κ3) is 4.18. The van der Waals surface area contributed by atoms with Gasteiger partial charge >= 0.3 is 0 Å². The van der Waals surface area contributed by atoms with Gasteiger partial charge in [-0.15, -0.1) is 0 Å². The zero-order valence-corrected chi connectivity index (χ0v) is 16.3. The zero-order valence-electron chi connectivity index (χ0n) is 15.5. The number of rotatable bonds is 5. The van der Waals surface area contributed by atoms with Gasteiger partial charge in [0.05, 0.1) is 30.2 Å². The SMILES string of the molecule is CC(c1ccc(F)cc1C(F)F)N(N)C1=C(N)CN(c2cn[nH]c(=O)c2Cl)CC1. The number of H-pyrrole nitrogens is 1. The van der Waals surface area contributed by atoms with E-state index in [1.807, 2.05) is 0 Å². The average molecular weight is 429 g/mol. The smallest absolute Gasteiger partial charge is 0.285 e. The van der Waals surface area contributed by atoms with Crippen LogP contribution in [0.25, 0.3) is 0 Å². The van der Waals surface area contributed by atoms with E-state index in [1.165, 1.54) is 17.3 Å². The minimum Gasteiger partial charge on any atom is -0.399 e. The van der Waals surface area contributed by atoms with Crippen molar-refractivity contribution in [3.8, 4) is 0 Å². The molecule has 0 amide bonds. The number of nitrogens with zero attached hydrogens (tertiary/aromatic N) is 3. The number of nitrogens with two attached hydrogens (primary N) is 2. The average Bonchev–Trinajstić information content (AvgIpc) is 2.69. The molecule has 0 bridgehead atoms. The Labute approximate surface area is 169 Å². The second-order valence-corrected chi connectivity index (χ2v) is 7.08. The predicted octanol–water partition coefficient (Wildman–Crippen LogP) is 2.82. The van der Waals surface area contributed by atoms with Crippen LogP contribution >= 0.6 is 11.6 Å². The fourth-order valence-electron chi connectivity index (χ4n) is 3.37. The molecular formula is C18H20ClF3N6O. The van der Waals surface area contributed by atoms with Gasteiger partial charge in [-0.05, 0) is 24.6 Å². The van der Waals surface area contributed by atoms with Gasteiger partial charge in [-0.1, -0.05) is 17.7 Å². The summed E-state index contributed by atoms with van der Waals surface area (Å²) in [5.74, 6) is 5.46. The molecule has 11 heteroatoms. The lowest BCUT2D eigenvalue weighted by Gasteiger charge is -2.37. The van der Waals surface area contributed by atoms with Crippen molar-refractivity contribution in [3.63, 3.8) is 0 Å². The highest BCUT2D eigenvalue weighted by molar-refractivity contribution is 6.33. The van der Waals surface area contributed by atoms with E-state index >= 15 is 0 Å². The Kier molecular flexibility index (Phi) is 6.04. The maximum absolute atomic E-state index is 13.4. The number of nitrogens with one attached hydrogen (secondary N) is 1. The lowest BCUT2D eigenvalue weighted by atomic mass is 9.99. The lowest BCUT2D eigenvalue weighted by Crippen LogP contribution is -2.43. The molecule has 1 atom stereocenters. The topological polar surface area (TPSA) is 104 Å². The molecule has 2 aromatic rings. The third-order valence-electron chi connectivity index (χ3n) is 4.93. The molecule has 1 aromatic carbocycles. The molecule has 0 saturated heterocycles. The first kappa shape index (κ1) is 21.0. The highest BCUT2D eigenvalue weighted by Crippen LogP contribution is 2.33. The molecule has 0 aliphatic carbocycles. The summed E-state index contributed by atoms with van der Waals surface area (Å²) in [6, 6.07) is 2.57. The summed E-state index contributed by atoms with van der Waals surface area (Å²) in [6.45, 7) is 2.31. The Hall–Kier alpha value is -2.72. The summed E-state index contributed by atoms with van der Waals surface area (Å²) in [7, 11) is 0. The van der Waals surface area contributed by atoms with E-state index in [-0.39, 0.29) is 17.1 Å². The maximum atomic E-state index is 13.4. The second-order valence-electron chi connectivity index (χ2n) is 6.70. The number of halogens is 4. The molecule has 3 rings (SSSR count). The summed E-state index contributed by atoms with van der Waals surface area (Å²) in [6.07, 6.45) is -1.02. The number of aromatic nitrogens is 2. The fourth-order valence-corrected chi connectivity index (χ4v) is 3.58. The van der Waals surface area contributed by atoms with E-state index in [2.05, 4.69) is 10.2 Å². The van der Waals surface area contributed by atoms with Crippen LogP contribution in [0.2, 0.25) is 5.02 Å². The summed E-state index contributed by atoms with van der Waals surface area (Å²) < 4.78 is 40.1. The molecule has 1 aliphatic heterocycles. The quantitative estimate of drug-likeness (QED) is 0.499. The van der Waals surface area contributed by atoms with Crippen molar-refractivity contribution >= 4 is 17.3 Å². The highest BCUT2D eigenvalue weighted by Gasteiger charge is 2.27. The van der Waals surface area contributed by atoms with Crippen molar-refractivity contribution in [1.82, 2.24) is 15.2 Å². The van der Waals surface area contributed by atoms with Crippen molar-refractivity contribution in [2.45, 2.75) is 25.8 Å². The Morgan fingerprint density at radius 2 is 2.07 bits per heavy atom. The van der Waals surface area contributed by atoms with Crippen LogP contribution < -0.4 is 22.0 Å². The van der Waals surface area contributed by atoms with Crippen LogP contribution in [-0.2, 0) is 0 Å². The van der Waals surface area contributed by atoms with Gasteiger partial charge in [0.2, 0.25) is 0 Å². The van der Waals surface area contributed by atoms with Crippen molar-refractivity contribution in [2.75, 3.05) is 18.0 Å². The van der Waals surface area contributed by atoms with Crippen LogP contribution in [0.1, 0.15) is 36.9 Å². The Bertz CT molecular complexity index is 996. The first-order valence-electron chi connectivity index (χ1n) is 8.77. The minimum atomic E-state index is -2.84. The summed E-state index contributed by atoms with van der Waals surface area (Å²) >= 11 is 6.04. The van der Waals surface area contributed by atoms with E-state index < -0.39 is 29.4 Å². The second kappa shape index (κ2) is 8.34. The van der Waals surface area contributed by atoms with Gasteiger partial charge in [-0.2, -0.15) is 5.10 Å². The zero-order chi connectivity index (χ0) is 21.3. The Morgan fingerprint density at radius 1 is 1.34 bits per heavy atom. The number of alkyl halides is 2. The van der Waals surface area contributed by atoms with E-state index in [4.69, 9.17) is 23.2 Å². The van der Waals surface area contributed by atoms with E-state index in [0.717, 1.165) is 12.1 Å². The van der Waals surface area contributed by atoms with Crippen molar-refractivity contribution in [2.24, 2.45) is 11.6 Å². The molecular weight excluding hydrogens is 409 g/mol. The number of hydrogen-bond donors (Lipinski definition) is 3. The molecule has 0 saturated carbocycles. The summed E-state index contributed by atoms with van der Waals surface area (Å²) in [4.78, 5) is 13.4. The monoisotopic (exact) mass is 428 g/mol. The van der Waals surface area contributed by atoms with E-state index in [1.54, 1.807) is 11.8 Å². The van der Waals surface area contributed by atoms with Gasteiger partial charge in [0.25, 0.3) is 12.0 Å². The van der Waals surface area contributed by atoms with Gasteiger partial charge in [0.15, 0.2) is 0 Å². The fraction of sp³-hybridized carbons (Fsp3) is 0.333. The standard InChI is InChI=1S/C18H20ClF3N6O/c1-9(11-3-2-10(20)6-12(11)17(21)22)28(24)14-4-5-27(8-13(14)23)15-7-25-26-18(29)16(15)19/h2-3,6-7,9,17H,4-5,8,23-24H2,1H3,(H,26,29). The number of hydrogen-bond acceptors (Lipinski definition) is 6. The molecule has 1 aliphatic rings. The molecule has 0 spiro atoms. The Morgan fingerprint density at radius 3 is 2.72 bits per heavy atom. The number of anilines is 1. The number of aromatic amines is 1. The first-order chi connectivity index (χ1) is 13.7. The van der Waals surface area contributed by atoms with Crippen LogP contribution in [0.3, 0.4) is 0 Å². The van der Waals surface area contributed by atoms with Crippen LogP contribution in [0.15, 0.2) is 40.6 Å². The molecule has 7 nitrogen and oxygen atoms in total. The van der Waals surface area contributed by atoms with Crippen LogP contribution in [0, 0.1) is 5.82 Å². The normalized spacial score (nSPS) is 15.8. The summed E-state index contributed by atoms with van der Waals surface area (Å²) in [5.41, 5.74) is 6.90. The maximum Gasteiger partial charge on any atom is 0.285 e. The number of benzene rings is 1. The van der Waals surface area contributed by atoms with Gasteiger partial charge in [-0.25, -0.2) is 24.1 Å². The van der Waals surface area contributed by atoms with E-state index in [9.17, 15) is 18.0 Å². The summed E-state index contributed by atoms with van der Waals surface area (Å²) in [5, 5.41) is 7.31.